The van der Waals surface area contributed by atoms with Gasteiger partial charge in [0.25, 0.3) is 0 Å². The number of hydrogen-bond acceptors (Lipinski definition) is 3. The van der Waals surface area contributed by atoms with Crippen LogP contribution in [-0.2, 0) is 16.4 Å². The quantitative estimate of drug-likeness (QED) is 0.868. The van der Waals surface area contributed by atoms with Crippen LogP contribution in [0.3, 0.4) is 0 Å². The Morgan fingerprint density at radius 1 is 1.20 bits per heavy atom. The summed E-state index contributed by atoms with van der Waals surface area (Å²) in [6.07, 6.45) is 5.34. The lowest BCUT2D eigenvalue weighted by Gasteiger charge is -2.31. The third kappa shape index (κ3) is 5.61. The maximum atomic E-state index is 11.2. The van der Waals surface area contributed by atoms with E-state index in [2.05, 4.69) is 33.9 Å². The zero-order valence-electron chi connectivity index (χ0n) is 12.1. The topological polar surface area (TPSA) is 49.4 Å². The van der Waals surface area contributed by atoms with Crippen LogP contribution in [0, 0.1) is 0 Å². The third-order valence-corrected chi connectivity index (χ3v) is 4.51. The Morgan fingerprint density at radius 3 is 2.45 bits per heavy atom. The third-order valence-electron chi connectivity index (χ3n) is 3.75. The van der Waals surface area contributed by atoms with Gasteiger partial charge in [0.1, 0.15) is 0 Å². The number of likely N-dealkylation sites (tertiary alicyclic amines) is 1. The summed E-state index contributed by atoms with van der Waals surface area (Å²) in [7, 11) is -3.06. The van der Waals surface area contributed by atoms with Gasteiger partial charge in [0.05, 0.1) is 6.26 Å². The number of aryl methyl sites for hydroxylation is 1. The zero-order valence-corrected chi connectivity index (χ0v) is 12.9. The fourth-order valence-electron chi connectivity index (χ4n) is 2.73. The molecule has 2 rings (SSSR count). The van der Waals surface area contributed by atoms with Crippen LogP contribution in [0.1, 0.15) is 24.8 Å². The summed E-state index contributed by atoms with van der Waals surface area (Å²) in [5, 5.41) is 0. The lowest BCUT2D eigenvalue weighted by Crippen LogP contribution is -2.44. The molecular formula is C15H24N2O2S. The molecule has 20 heavy (non-hydrogen) atoms. The van der Waals surface area contributed by atoms with E-state index in [0.717, 1.165) is 45.3 Å². The van der Waals surface area contributed by atoms with Gasteiger partial charge < -0.3 is 4.90 Å². The van der Waals surface area contributed by atoms with Gasteiger partial charge in [-0.15, -0.1) is 0 Å². The van der Waals surface area contributed by atoms with Gasteiger partial charge in [0, 0.05) is 6.04 Å². The maximum absolute atomic E-state index is 11.2. The molecule has 1 aromatic carbocycles. The van der Waals surface area contributed by atoms with Crippen molar-refractivity contribution in [3.05, 3.63) is 35.9 Å². The molecule has 0 aliphatic carbocycles. The molecule has 1 N–H and O–H groups in total. The number of nitrogens with zero attached hydrogens (tertiary/aromatic N) is 1. The highest BCUT2D eigenvalue weighted by molar-refractivity contribution is 7.88. The SMILES string of the molecule is CS(=O)(=O)NC1CCN(CCCc2ccccc2)CC1. The molecule has 0 aromatic heterocycles. The lowest BCUT2D eigenvalue weighted by molar-refractivity contribution is 0.205. The second kappa shape index (κ2) is 7.20. The highest BCUT2D eigenvalue weighted by atomic mass is 32.2. The van der Waals surface area contributed by atoms with Crippen LogP contribution in [0.15, 0.2) is 30.3 Å². The average Bonchev–Trinajstić information content (AvgIpc) is 2.40. The van der Waals surface area contributed by atoms with Crippen LogP contribution < -0.4 is 4.72 Å². The molecule has 4 nitrogen and oxygen atoms in total. The van der Waals surface area contributed by atoms with E-state index in [9.17, 15) is 8.42 Å². The number of nitrogens with one attached hydrogen (secondary N) is 1. The number of hydrogen-bond donors (Lipinski definition) is 1. The maximum Gasteiger partial charge on any atom is 0.208 e. The molecule has 1 aliphatic rings. The first-order chi connectivity index (χ1) is 9.53. The summed E-state index contributed by atoms with van der Waals surface area (Å²) in [6, 6.07) is 10.7. The second-order valence-corrected chi connectivity index (χ2v) is 7.38. The zero-order chi connectivity index (χ0) is 14.4. The van der Waals surface area contributed by atoms with Gasteiger partial charge in [-0.1, -0.05) is 30.3 Å². The predicted octanol–water partition coefficient (Wildman–Crippen LogP) is 1.63. The van der Waals surface area contributed by atoms with Crippen LogP contribution >= 0.6 is 0 Å². The van der Waals surface area contributed by atoms with E-state index >= 15 is 0 Å². The van der Waals surface area contributed by atoms with Crippen LogP contribution in [-0.4, -0.2) is 45.2 Å². The second-order valence-electron chi connectivity index (χ2n) is 5.60. The Labute approximate surface area is 122 Å². The summed E-state index contributed by atoms with van der Waals surface area (Å²) in [4.78, 5) is 2.43. The van der Waals surface area contributed by atoms with E-state index in [-0.39, 0.29) is 6.04 Å². The molecule has 1 saturated heterocycles. The van der Waals surface area contributed by atoms with Gasteiger partial charge in [-0.25, -0.2) is 13.1 Å². The molecule has 112 valence electrons. The average molecular weight is 296 g/mol. The minimum Gasteiger partial charge on any atom is -0.303 e. The highest BCUT2D eigenvalue weighted by Gasteiger charge is 2.20. The van der Waals surface area contributed by atoms with Crippen molar-refractivity contribution in [3.63, 3.8) is 0 Å². The molecule has 1 aromatic rings. The predicted molar refractivity (Wildman–Crippen MR) is 82.2 cm³/mol. The standard InChI is InChI=1S/C15H24N2O2S/c1-20(18,19)16-15-9-12-17(13-10-15)11-5-8-14-6-3-2-4-7-14/h2-4,6-7,15-16H,5,8-13H2,1H3. The number of piperidine rings is 1. The van der Waals surface area contributed by atoms with Crippen molar-refractivity contribution >= 4 is 10.0 Å². The Hall–Kier alpha value is -0.910. The first-order valence-corrected chi connectivity index (χ1v) is 9.16. The fraction of sp³-hybridized carbons (Fsp3) is 0.600. The van der Waals surface area contributed by atoms with Crippen LogP contribution in [0.4, 0.5) is 0 Å². The Balaban J connectivity index is 1.65. The van der Waals surface area contributed by atoms with Crippen LogP contribution in [0.5, 0.6) is 0 Å². The van der Waals surface area contributed by atoms with Gasteiger partial charge in [-0.05, 0) is 50.9 Å². The summed E-state index contributed by atoms with van der Waals surface area (Å²) < 4.78 is 25.1. The van der Waals surface area contributed by atoms with E-state index in [1.165, 1.54) is 11.8 Å². The van der Waals surface area contributed by atoms with Gasteiger partial charge in [0.2, 0.25) is 10.0 Å². The summed E-state index contributed by atoms with van der Waals surface area (Å²) in [5.41, 5.74) is 1.39. The van der Waals surface area contributed by atoms with Gasteiger partial charge in [0.15, 0.2) is 0 Å². The minimum atomic E-state index is -3.06. The number of rotatable bonds is 6. The first kappa shape index (κ1) is 15.5. The Morgan fingerprint density at radius 2 is 1.85 bits per heavy atom. The molecule has 0 unspecified atom stereocenters. The van der Waals surface area contributed by atoms with Crippen LogP contribution in [0.25, 0.3) is 0 Å². The van der Waals surface area contributed by atoms with Crippen molar-refractivity contribution in [2.24, 2.45) is 0 Å². The molecule has 1 aliphatic heterocycles. The van der Waals surface area contributed by atoms with E-state index in [0.29, 0.717) is 0 Å². The smallest absolute Gasteiger partial charge is 0.208 e. The van der Waals surface area contributed by atoms with Crippen LogP contribution in [0.2, 0.25) is 0 Å². The van der Waals surface area contributed by atoms with Gasteiger partial charge in [-0.2, -0.15) is 0 Å². The normalized spacial score (nSPS) is 18.2. The van der Waals surface area contributed by atoms with E-state index < -0.39 is 10.0 Å². The lowest BCUT2D eigenvalue weighted by atomic mass is 10.1. The molecular weight excluding hydrogens is 272 g/mol. The van der Waals surface area contributed by atoms with Crippen molar-refractivity contribution < 1.29 is 8.42 Å². The largest absolute Gasteiger partial charge is 0.303 e. The number of sulfonamides is 1. The van der Waals surface area contributed by atoms with Crippen molar-refractivity contribution in [1.29, 1.82) is 0 Å². The van der Waals surface area contributed by atoms with Crippen molar-refractivity contribution in [2.45, 2.75) is 31.7 Å². The molecule has 0 saturated carbocycles. The van der Waals surface area contributed by atoms with E-state index in [1.807, 2.05) is 6.07 Å². The summed E-state index contributed by atoms with van der Waals surface area (Å²) >= 11 is 0. The molecule has 5 heteroatoms. The molecule has 1 fully saturated rings. The van der Waals surface area contributed by atoms with Gasteiger partial charge in [-0.3, -0.25) is 0 Å². The molecule has 0 atom stereocenters. The van der Waals surface area contributed by atoms with E-state index in [1.54, 1.807) is 0 Å². The summed E-state index contributed by atoms with van der Waals surface area (Å²) in [6.45, 7) is 3.07. The fourth-order valence-corrected chi connectivity index (χ4v) is 3.57. The van der Waals surface area contributed by atoms with Crippen molar-refractivity contribution in [2.75, 3.05) is 25.9 Å². The molecule has 0 bridgehead atoms. The monoisotopic (exact) mass is 296 g/mol. The highest BCUT2D eigenvalue weighted by Crippen LogP contribution is 2.12. The van der Waals surface area contributed by atoms with E-state index in [4.69, 9.17) is 0 Å². The van der Waals surface area contributed by atoms with Gasteiger partial charge >= 0.3 is 0 Å². The summed E-state index contributed by atoms with van der Waals surface area (Å²) in [5.74, 6) is 0. The Kier molecular flexibility index (Phi) is 5.57. The van der Waals surface area contributed by atoms with Crippen molar-refractivity contribution in [1.82, 2.24) is 9.62 Å². The minimum absolute atomic E-state index is 0.121. The first-order valence-electron chi connectivity index (χ1n) is 7.26. The van der Waals surface area contributed by atoms with Crippen molar-refractivity contribution in [3.8, 4) is 0 Å². The molecule has 0 amide bonds. The Bertz CT molecular complexity index is 494. The molecule has 1 heterocycles. The number of benzene rings is 1. The molecule has 0 spiro atoms. The molecule has 0 radical (unpaired) electrons.